The van der Waals surface area contributed by atoms with E-state index in [1.54, 1.807) is 12.1 Å². The topological polar surface area (TPSA) is 36.5 Å². The molecule has 1 heterocycles. The van der Waals surface area contributed by atoms with Gasteiger partial charge in [-0.05, 0) is 47.6 Å². The number of nitrogens with one attached hydrogen (secondary N) is 2. The van der Waals surface area contributed by atoms with Gasteiger partial charge in [0, 0.05) is 31.9 Å². The van der Waals surface area contributed by atoms with E-state index in [2.05, 4.69) is 39.8 Å². The van der Waals surface area contributed by atoms with E-state index < -0.39 is 0 Å². The maximum atomic E-state index is 12.9. The third-order valence-electron chi connectivity index (χ3n) is 4.09. The van der Waals surface area contributed by atoms with Crippen LogP contribution in [0.2, 0.25) is 0 Å². The fourth-order valence-corrected chi connectivity index (χ4v) is 2.86. The van der Waals surface area contributed by atoms with Crippen LogP contribution in [0.3, 0.4) is 0 Å². The minimum absolute atomic E-state index is 0.262. The fraction of sp³-hybridized carbons (Fsp3) is 0.316. The second kappa shape index (κ2) is 8.89. The molecule has 0 spiro atoms. The summed E-state index contributed by atoms with van der Waals surface area (Å²) < 4.78 is 18.3. The van der Waals surface area contributed by atoms with Gasteiger partial charge in [0.25, 0.3) is 0 Å². The molecule has 132 valence electrons. The molecule has 0 unspecified atom stereocenters. The highest BCUT2D eigenvalue weighted by Gasteiger charge is 2.10. The fourth-order valence-electron chi connectivity index (χ4n) is 2.67. The maximum absolute atomic E-state index is 12.9. The SMILES string of the molecule is Fc1ccc(NC(=S)NCc2ccc(CN3CCOCC3)cc2)cc1. The van der Waals surface area contributed by atoms with Crippen LogP contribution in [0.25, 0.3) is 0 Å². The Morgan fingerprint density at radius 1 is 1.00 bits per heavy atom. The Balaban J connectivity index is 1.44. The molecule has 6 heteroatoms. The second-order valence-corrected chi connectivity index (χ2v) is 6.43. The molecule has 0 atom stereocenters. The Kier molecular flexibility index (Phi) is 6.33. The highest BCUT2D eigenvalue weighted by atomic mass is 32.1. The first-order chi connectivity index (χ1) is 12.2. The zero-order chi connectivity index (χ0) is 17.5. The highest BCUT2D eigenvalue weighted by Crippen LogP contribution is 2.10. The monoisotopic (exact) mass is 359 g/mol. The molecular formula is C19H22FN3OS. The molecule has 2 aromatic carbocycles. The molecule has 1 fully saturated rings. The van der Waals surface area contributed by atoms with E-state index >= 15 is 0 Å². The van der Waals surface area contributed by atoms with Crippen molar-refractivity contribution in [1.82, 2.24) is 10.2 Å². The first-order valence-corrected chi connectivity index (χ1v) is 8.78. The van der Waals surface area contributed by atoms with Crippen LogP contribution in [0.5, 0.6) is 0 Å². The number of morpholine rings is 1. The minimum Gasteiger partial charge on any atom is -0.379 e. The van der Waals surface area contributed by atoms with E-state index in [1.165, 1.54) is 17.7 Å². The van der Waals surface area contributed by atoms with Gasteiger partial charge in [-0.3, -0.25) is 4.90 Å². The molecule has 0 saturated carbocycles. The van der Waals surface area contributed by atoms with Gasteiger partial charge in [-0.25, -0.2) is 4.39 Å². The van der Waals surface area contributed by atoms with Crippen molar-refractivity contribution in [3.8, 4) is 0 Å². The number of halogens is 1. The molecule has 0 bridgehead atoms. The third-order valence-corrected chi connectivity index (χ3v) is 4.33. The maximum Gasteiger partial charge on any atom is 0.171 e. The van der Waals surface area contributed by atoms with Crippen molar-refractivity contribution in [3.63, 3.8) is 0 Å². The summed E-state index contributed by atoms with van der Waals surface area (Å²) in [6.45, 7) is 5.23. The molecule has 1 aliphatic heterocycles. The Morgan fingerprint density at radius 3 is 2.32 bits per heavy atom. The van der Waals surface area contributed by atoms with Gasteiger partial charge < -0.3 is 15.4 Å². The van der Waals surface area contributed by atoms with Crippen LogP contribution in [0.15, 0.2) is 48.5 Å². The van der Waals surface area contributed by atoms with E-state index in [-0.39, 0.29) is 5.82 Å². The van der Waals surface area contributed by atoms with E-state index in [0.29, 0.717) is 11.7 Å². The van der Waals surface area contributed by atoms with E-state index in [4.69, 9.17) is 17.0 Å². The second-order valence-electron chi connectivity index (χ2n) is 6.02. The van der Waals surface area contributed by atoms with Crippen molar-refractivity contribution in [2.24, 2.45) is 0 Å². The van der Waals surface area contributed by atoms with Crippen molar-refractivity contribution in [3.05, 3.63) is 65.5 Å². The summed E-state index contributed by atoms with van der Waals surface area (Å²) in [5.41, 5.74) is 3.23. The number of hydrogen-bond donors (Lipinski definition) is 2. The number of ether oxygens (including phenoxy) is 1. The van der Waals surface area contributed by atoms with E-state index in [0.717, 1.165) is 44.1 Å². The number of anilines is 1. The normalized spacial score (nSPS) is 14.9. The van der Waals surface area contributed by atoms with Crippen molar-refractivity contribution >= 4 is 23.0 Å². The molecule has 0 aromatic heterocycles. The number of hydrogen-bond acceptors (Lipinski definition) is 3. The Hall–Kier alpha value is -2.02. The Bertz CT molecular complexity index is 685. The largest absolute Gasteiger partial charge is 0.379 e. The van der Waals surface area contributed by atoms with Gasteiger partial charge in [0.15, 0.2) is 5.11 Å². The molecule has 0 amide bonds. The number of benzene rings is 2. The van der Waals surface area contributed by atoms with Gasteiger partial charge in [-0.15, -0.1) is 0 Å². The summed E-state index contributed by atoms with van der Waals surface area (Å²) in [6, 6.07) is 14.7. The lowest BCUT2D eigenvalue weighted by atomic mass is 10.1. The predicted octanol–water partition coefficient (Wildman–Crippen LogP) is 3.14. The van der Waals surface area contributed by atoms with Crippen LogP contribution in [0.4, 0.5) is 10.1 Å². The summed E-state index contributed by atoms with van der Waals surface area (Å²) in [5.74, 6) is -0.262. The molecule has 0 radical (unpaired) electrons. The van der Waals surface area contributed by atoms with Gasteiger partial charge in [0.1, 0.15) is 5.82 Å². The van der Waals surface area contributed by atoms with Crippen molar-refractivity contribution < 1.29 is 9.13 Å². The van der Waals surface area contributed by atoms with E-state index in [1.807, 2.05) is 0 Å². The van der Waals surface area contributed by atoms with Gasteiger partial charge in [-0.1, -0.05) is 24.3 Å². The van der Waals surface area contributed by atoms with Crippen molar-refractivity contribution in [1.29, 1.82) is 0 Å². The number of thiocarbonyl (C=S) groups is 1. The lowest BCUT2D eigenvalue weighted by molar-refractivity contribution is 0.0342. The Morgan fingerprint density at radius 2 is 1.64 bits per heavy atom. The average Bonchev–Trinajstić information content (AvgIpc) is 2.64. The summed E-state index contributed by atoms with van der Waals surface area (Å²) in [4.78, 5) is 2.40. The molecule has 1 saturated heterocycles. The molecular weight excluding hydrogens is 337 g/mol. The molecule has 25 heavy (non-hydrogen) atoms. The zero-order valence-electron chi connectivity index (χ0n) is 14.0. The highest BCUT2D eigenvalue weighted by molar-refractivity contribution is 7.80. The van der Waals surface area contributed by atoms with Crippen LogP contribution in [0, 0.1) is 5.82 Å². The van der Waals surface area contributed by atoms with Crippen LogP contribution >= 0.6 is 12.2 Å². The van der Waals surface area contributed by atoms with E-state index in [9.17, 15) is 4.39 Å². The Labute approximate surface area is 153 Å². The van der Waals surface area contributed by atoms with Crippen LogP contribution in [-0.2, 0) is 17.8 Å². The third kappa shape index (κ3) is 5.77. The molecule has 2 aromatic rings. The van der Waals surface area contributed by atoms with Crippen LogP contribution in [0.1, 0.15) is 11.1 Å². The van der Waals surface area contributed by atoms with Gasteiger partial charge in [-0.2, -0.15) is 0 Å². The first kappa shape index (κ1) is 17.8. The van der Waals surface area contributed by atoms with Gasteiger partial charge in [0.05, 0.1) is 13.2 Å². The molecule has 4 nitrogen and oxygen atoms in total. The number of rotatable bonds is 5. The molecule has 3 rings (SSSR count). The average molecular weight is 359 g/mol. The summed E-state index contributed by atoms with van der Waals surface area (Å²) >= 11 is 5.27. The zero-order valence-corrected chi connectivity index (χ0v) is 14.8. The summed E-state index contributed by atoms with van der Waals surface area (Å²) in [6.07, 6.45) is 0. The molecule has 0 aliphatic carbocycles. The summed E-state index contributed by atoms with van der Waals surface area (Å²) in [7, 11) is 0. The first-order valence-electron chi connectivity index (χ1n) is 8.37. The van der Waals surface area contributed by atoms with Crippen molar-refractivity contribution in [2.75, 3.05) is 31.6 Å². The van der Waals surface area contributed by atoms with Gasteiger partial charge >= 0.3 is 0 Å². The predicted molar refractivity (Wildman–Crippen MR) is 102 cm³/mol. The number of nitrogens with zero attached hydrogens (tertiary/aromatic N) is 1. The van der Waals surface area contributed by atoms with Crippen LogP contribution in [-0.4, -0.2) is 36.3 Å². The van der Waals surface area contributed by atoms with Gasteiger partial charge in [0.2, 0.25) is 0 Å². The lowest BCUT2D eigenvalue weighted by Crippen LogP contribution is -2.35. The lowest BCUT2D eigenvalue weighted by Gasteiger charge is -2.26. The molecule has 2 N–H and O–H groups in total. The smallest absolute Gasteiger partial charge is 0.171 e. The standard InChI is InChI=1S/C19H22FN3OS/c20-17-5-7-18(8-6-17)22-19(25)21-13-15-1-3-16(4-2-15)14-23-9-11-24-12-10-23/h1-8H,9-14H2,(H2,21,22,25). The quantitative estimate of drug-likeness (QED) is 0.802. The molecule has 1 aliphatic rings. The van der Waals surface area contributed by atoms with Crippen LogP contribution < -0.4 is 10.6 Å². The van der Waals surface area contributed by atoms with Crippen molar-refractivity contribution in [2.45, 2.75) is 13.1 Å². The summed E-state index contributed by atoms with van der Waals surface area (Å²) in [5, 5.41) is 6.72. The minimum atomic E-state index is -0.262.